The first kappa shape index (κ1) is 59.2. The average Bonchev–Trinajstić information content (AvgIpc) is 4.11. The van der Waals surface area contributed by atoms with E-state index in [0.717, 1.165) is 131 Å². The Hall–Kier alpha value is -3.06. The number of carbonyl (C=O) groups is 1. The van der Waals surface area contributed by atoms with E-state index < -0.39 is 0 Å². The quantitative estimate of drug-likeness (QED) is 0.127. The molecule has 10 rings (SSSR count). The lowest BCUT2D eigenvalue weighted by atomic mass is 9.77. The van der Waals surface area contributed by atoms with E-state index in [2.05, 4.69) is 175 Å². The van der Waals surface area contributed by atoms with Gasteiger partial charge in [0.2, 0.25) is 0 Å². The van der Waals surface area contributed by atoms with Crippen LogP contribution >= 0.6 is 127 Å². The number of halogens is 8. The molecule has 2 N–H and O–H groups in total. The van der Waals surface area contributed by atoms with Gasteiger partial charge >= 0.3 is 7.12 Å². The molecule has 0 unspecified atom stereocenters. The molecule has 73 heavy (non-hydrogen) atoms. The summed E-state index contributed by atoms with van der Waals surface area (Å²) in [7, 11) is -0.378. The molecule has 1 aliphatic rings. The second-order valence-electron chi connectivity index (χ2n) is 18.0. The molecule has 384 valence electrons. The molecular weight excluding hydrogens is 1460 g/mol. The standard InChI is InChI=1S/C18H18N4O2.C11H18BNO3.C8H5Br3O.C8H6Br2N2.C6H3Br3/c1-8-18-14(17-10(3)22-24-12(17)5)6-13(7-15(18)20-19-8)16-9(2)21-23-11(16)4;1-7-9(8(2)14-13-7)12-15-10(3,4)11(5,6)16-12;1-4(12)8-6(10)2-5(9)3-7(8)11;1-4-8-6(10)2-5(9)3-7(8)12-11-4;7-4-1-5(8)3-6(9)2-4/h6-7H,1-5H3,(H,19,20);1-6H3;2-3H,1H3;2-3H,1H3,(H,11,12);1-3H. The number of nitrogens with zero attached hydrogens (tertiary/aromatic N) is 5. The van der Waals surface area contributed by atoms with Crippen LogP contribution in [0.2, 0.25) is 0 Å². The Labute approximate surface area is 491 Å². The molecular formula is C51H50BBr8N7O6. The molecule has 0 spiro atoms. The van der Waals surface area contributed by atoms with Gasteiger partial charge in [0.1, 0.15) is 17.3 Å². The van der Waals surface area contributed by atoms with Crippen LogP contribution in [0.1, 0.15) is 90.7 Å². The highest BCUT2D eigenvalue weighted by Gasteiger charge is 2.53. The van der Waals surface area contributed by atoms with E-state index in [1.807, 2.05) is 126 Å². The minimum absolute atomic E-state index is 0.0428. The zero-order valence-corrected chi connectivity index (χ0v) is 54.7. The molecule has 1 fully saturated rings. The number of Topliss-reactive ketones (excluding diaryl/α,β-unsaturated/α-hetero) is 1. The van der Waals surface area contributed by atoms with Crippen molar-refractivity contribution < 1.29 is 27.7 Å². The van der Waals surface area contributed by atoms with Crippen LogP contribution in [0.5, 0.6) is 0 Å². The van der Waals surface area contributed by atoms with Crippen molar-refractivity contribution >= 4 is 168 Å². The molecule has 0 saturated carbocycles. The molecule has 0 amide bonds. The second-order valence-corrected chi connectivity index (χ2v) is 25.2. The van der Waals surface area contributed by atoms with Crippen molar-refractivity contribution in [3.05, 3.63) is 142 Å². The molecule has 0 atom stereocenters. The number of ketones is 1. The van der Waals surface area contributed by atoms with Crippen LogP contribution in [0, 0.1) is 55.4 Å². The van der Waals surface area contributed by atoms with Crippen LogP contribution in [0.25, 0.3) is 44.1 Å². The van der Waals surface area contributed by atoms with E-state index in [-0.39, 0.29) is 24.1 Å². The highest BCUT2D eigenvalue weighted by atomic mass is 79.9. The molecule has 1 aliphatic heterocycles. The van der Waals surface area contributed by atoms with Crippen LogP contribution in [-0.4, -0.2) is 60.0 Å². The van der Waals surface area contributed by atoms with Gasteiger partial charge in [-0.3, -0.25) is 15.0 Å². The van der Waals surface area contributed by atoms with Crippen molar-refractivity contribution in [2.45, 2.75) is 101 Å². The maximum absolute atomic E-state index is 11.1. The first-order valence-electron chi connectivity index (χ1n) is 22.3. The number of aromatic amines is 2. The topological polar surface area (TPSA) is 171 Å². The van der Waals surface area contributed by atoms with Gasteiger partial charge in [-0.2, -0.15) is 10.2 Å². The van der Waals surface area contributed by atoms with Crippen molar-refractivity contribution in [2.75, 3.05) is 0 Å². The zero-order chi connectivity index (χ0) is 54.0. The number of fused-ring (bicyclic) bond motifs is 2. The molecule has 1 saturated heterocycles. The number of rotatable bonds is 4. The lowest BCUT2D eigenvalue weighted by Gasteiger charge is -2.32. The zero-order valence-electron chi connectivity index (χ0n) is 42.0. The van der Waals surface area contributed by atoms with E-state index in [0.29, 0.717) is 5.56 Å². The minimum Gasteiger partial charge on any atom is -0.399 e. The Bertz CT molecular complexity index is 3320. The Morgan fingerprint density at radius 2 is 0.918 bits per heavy atom. The second kappa shape index (κ2) is 24.5. The number of aryl methyl sites for hydroxylation is 8. The van der Waals surface area contributed by atoms with Gasteiger partial charge < -0.3 is 22.9 Å². The molecule has 0 radical (unpaired) electrons. The molecule has 5 aromatic heterocycles. The maximum Gasteiger partial charge on any atom is 0.500 e. The summed E-state index contributed by atoms with van der Waals surface area (Å²) < 4.78 is 35.6. The molecule has 22 heteroatoms. The van der Waals surface area contributed by atoms with Crippen LogP contribution < -0.4 is 5.46 Å². The highest BCUT2D eigenvalue weighted by molar-refractivity contribution is 9.12. The first-order chi connectivity index (χ1) is 34.1. The fourth-order valence-corrected chi connectivity index (χ4v) is 14.5. The van der Waals surface area contributed by atoms with E-state index in [4.69, 9.17) is 22.9 Å². The van der Waals surface area contributed by atoms with E-state index in [9.17, 15) is 4.79 Å². The van der Waals surface area contributed by atoms with E-state index in [1.54, 1.807) is 6.92 Å². The first-order valence-corrected chi connectivity index (χ1v) is 28.6. The third kappa shape index (κ3) is 13.9. The Morgan fingerprint density at radius 1 is 0.507 bits per heavy atom. The number of carbonyl (C=O) groups excluding carboxylic acids is 1. The SMILES string of the molecule is Brc1cc(Br)cc(Br)c1.CC(=O)c1c(Br)cc(Br)cc1Br.Cc1[nH]nc2cc(Br)cc(Br)c12.Cc1noc(C)c1-c1cc(-c2c(C)noc2C)c2c(C)[nH]nc2c1.Cc1noc(C)c1B1OC(C)(C)C(C)(C)O1. The van der Waals surface area contributed by atoms with Crippen molar-refractivity contribution in [3.63, 3.8) is 0 Å². The lowest BCUT2D eigenvalue weighted by Crippen LogP contribution is -2.41. The number of aromatic nitrogens is 7. The summed E-state index contributed by atoms with van der Waals surface area (Å²) in [5.74, 6) is 2.39. The van der Waals surface area contributed by atoms with Gasteiger partial charge in [-0.25, -0.2) is 0 Å². The number of H-pyrrole nitrogens is 2. The molecule has 6 heterocycles. The molecule has 0 aliphatic carbocycles. The van der Waals surface area contributed by atoms with Gasteiger partial charge in [-0.05, 0) is 204 Å². The normalized spacial score (nSPS) is 13.4. The van der Waals surface area contributed by atoms with E-state index in [1.165, 1.54) is 0 Å². The summed E-state index contributed by atoms with van der Waals surface area (Å²) in [5.41, 5.74) is 11.6. The van der Waals surface area contributed by atoms with Crippen molar-refractivity contribution in [1.29, 1.82) is 0 Å². The summed E-state index contributed by atoms with van der Waals surface area (Å²) in [6.07, 6.45) is 0. The summed E-state index contributed by atoms with van der Waals surface area (Å²) in [6, 6.07) is 17.9. The highest BCUT2D eigenvalue weighted by Crippen LogP contribution is 2.40. The lowest BCUT2D eigenvalue weighted by molar-refractivity contribution is 0.00578. The Morgan fingerprint density at radius 3 is 1.37 bits per heavy atom. The number of benzene rings is 4. The van der Waals surface area contributed by atoms with E-state index >= 15 is 0 Å². The van der Waals surface area contributed by atoms with Crippen molar-refractivity contribution in [3.8, 4) is 22.3 Å². The summed E-state index contributed by atoms with van der Waals surface area (Å²) in [4.78, 5) is 11.1. The van der Waals surface area contributed by atoms with Crippen molar-refractivity contribution in [2.24, 2.45) is 0 Å². The van der Waals surface area contributed by atoms with Crippen LogP contribution in [0.3, 0.4) is 0 Å². The average molecular weight is 1510 g/mol. The van der Waals surface area contributed by atoms with Crippen molar-refractivity contribution in [1.82, 2.24) is 35.9 Å². The van der Waals surface area contributed by atoms with Crippen LogP contribution in [0.15, 0.2) is 104 Å². The van der Waals surface area contributed by atoms with Crippen LogP contribution in [-0.2, 0) is 9.31 Å². The maximum atomic E-state index is 11.1. The number of nitrogens with one attached hydrogen (secondary N) is 2. The van der Waals surface area contributed by atoms with Gasteiger partial charge in [0, 0.05) is 80.1 Å². The predicted molar refractivity (Wildman–Crippen MR) is 318 cm³/mol. The predicted octanol–water partition coefficient (Wildman–Crippen LogP) is 17.6. The summed E-state index contributed by atoms with van der Waals surface area (Å²) in [6.45, 7) is 25.2. The van der Waals surface area contributed by atoms with Crippen LogP contribution in [0.4, 0.5) is 0 Å². The fraction of sp³-hybridized carbons (Fsp3) is 0.294. The third-order valence-corrected chi connectivity index (χ3v) is 16.1. The number of hydrogen-bond acceptors (Lipinski definition) is 11. The minimum atomic E-state index is -0.378. The summed E-state index contributed by atoms with van der Waals surface area (Å²) in [5, 5.41) is 29.0. The van der Waals surface area contributed by atoms with Gasteiger partial charge in [-0.15, -0.1) is 0 Å². The fourth-order valence-electron chi connectivity index (χ4n) is 7.82. The van der Waals surface area contributed by atoms with Gasteiger partial charge in [0.15, 0.2) is 5.78 Å². The Balaban J connectivity index is 0.000000156. The third-order valence-electron chi connectivity index (χ3n) is 12.0. The Kier molecular flexibility index (Phi) is 19.9. The molecule has 4 aromatic carbocycles. The molecule has 0 bridgehead atoms. The van der Waals surface area contributed by atoms with Gasteiger partial charge in [-0.1, -0.05) is 95.1 Å². The van der Waals surface area contributed by atoms with Gasteiger partial charge in [0.25, 0.3) is 0 Å². The summed E-state index contributed by atoms with van der Waals surface area (Å²) >= 11 is 26.9. The number of hydrogen-bond donors (Lipinski definition) is 2. The largest absolute Gasteiger partial charge is 0.500 e. The monoisotopic (exact) mass is 1500 g/mol. The van der Waals surface area contributed by atoms with Gasteiger partial charge in [0.05, 0.1) is 39.3 Å². The molecule has 13 nitrogen and oxygen atoms in total. The smallest absolute Gasteiger partial charge is 0.399 e. The molecule has 9 aromatic rings.